The Morgan fingerprint density at radius 2 is 0.572 bits per heavy atom. The number of para-hydroxylation sites is 3. The monoisotopic (exact) mass is 1950 g/mol. The zero-order chi connectivity index (χ0) is 97.7. The van der Waals surface area contributed by atoms with Crippen molar-refractivity contribution in [1.29, 1.82) is 0 Å². The SMILES string of the molecule is CN=P(CCCc1ccccc1C1=C2C=CC3=[N+]2C24n5c1ccc5C(c1ccccc1CCC[P+](c1ccccc1)(c1ccccc1)N(C)c1ccccc1)=C1C=CC(=[N+]12)C(c1ccccc1CCCP(c1ccccc1)(c1ccccc1)=[N+](C)c1ccccc1)=c1ccc(n14)=C3c1ccccc1CCCP(c1ccccc1)(c1ccccc1)=[N+](C)c1ccccc1)(c1ccccc1)c1ccccc1.c1ccccc1. The molecular formula is C133H121N8P4+5. The van der Waals surface area contributed by atoms with Crippen molar-refractivity contribution in [3.8, 4) is 0 Å². The summed E-state index contributed by atoms with van der Waals surface area (Å²) in [5.41, 5.74) is 26.1. The Morgan fingerprint density at radius 3 is 0.917 bits per heavy atom. The van der Waals surface area contributed by atoms with Gasteiger partial charge in [-0.25, -0.2) is 13.3 Å². The quantitative estimate of drug-likeness (QED) is 0.0306. The van der Waals surface area contributed by atoms with Gasteiger partial charge in [-0.05, 0) is 222 Å². The number of anilines is 1. The van der Waals surface area contributed by atoms with Gasteiger partial charge in [0, 0.05) is 103 Å². The van der Waals surface area contributed by atoms with Gasteiger partial charge in [-0.15, -0.1) is 0 Å². The fourth-order valence-corrected chi connectivity index (χ4v) is 40.8. The average Bonchev–Trinajstić information content (AvgIpc) is 1.47. The van der Waals surface area contributed by atoms with E-state index in [0.29, 0.717) is 0 Å². The molecule has 6 aliphatic heterocycles. The second-order valence-electron chi connectivity index (χ2n) is 38.5. The predicted molar refractivity (Wildman–Crippen MR) is 616 cm³/mol. The molecule has 18 aromatic rings. The van der Waals surface area contributed by atoms with Crippen LogP contribution in [0.15, 0.2) is 532 Å². The molecule has 6 aliphatic rings. The van der Waals surface area contributed by atoms with E-state index in [2.05, 4.69) is 539 Å². The Balaban J connectivity index is 0.00000187. The summed E-state index contributed by atoms with van der Waals surface area (Å²) in [4.78, 5) is 0. The zero-order valence-corrected chi connectivity index (χ0v) is 86.5. The fraction of sp³-hybridized carbons (Fsp3) is 0.128. The van der Waals surface area contributed by atoms with Gasteiger partial charge in [0.2, 0.25) is 34.2 Å². The molecule has 0 fully saturated rings. The number of hydrogen-bond donors (Lipinski definition) is 0. The normalized spacial score (nSPS) is 14.6. The van der Waals surface area contributed by atoms with Crippen LogP contribution in [-0.2, 0) is 31.6 Å². The third-order valence-corrected chi connectivity index (χ3v) is 48.6. The van der Waals surface area contributed by atoms with E-state index in [1.807, 2.05) is 36.4 Å². The Bertz CT molecular complexity index is 8190. The van der Waals surface area contributed by atoms with E-state index < -0.39 is 34.5 Å². The Kier molecular flexibility index (Phi) is 26.5. The molecule has 0 aliphatic carbocycles. The molecule has 145 heavy (non-hydrogen) atoms. The summed E-state index contributed by atoms with van der Waals surface area (Å²) in [6.07, 6.45) is 21.1. The lowest BCUT2D eigenvalue weighted by Gasteiger charge is -2.41. The lowest BCUT2D eigenvalue weighted by atomic mass is 9.88. The van der Waals surface area contributed by atoms with Crippen molar-refractivity contribution in [3.63, 3.8) is 0 Å². The average molecular weight is 1960 g/mol. The van der Waals surface area contributed by atoms with E-state index in [4.69, 9.17) is 4.74 Å². The van der Waals surface area contributed by atoms with Crippen LogP contribution in [0.1, 0.15) is 81.6 Å². The number of allylic oxidation sites excluding steroid dienone is 4. The summed E-state index contributed by atoms with van der Waals surface area (Å²) >= 11 is 0. The smallest absolute Gasteiger partial charge is 0.297 e. The van der Waals surface area contributed by atoms with Crippen LogP contribution in [0, 0.1) is 0 Å². The summed E-state index contributed by atoms with van der Waals surface area (Å²) < 4.78 is 24.9. The first-order chi connectivity index (χ1) is 71.7. The molecule has 0 N–H and O–H groups in total. The molecule has 1 spiro atoms. The molecule has 8 nitrogen and oxygen atoms in total. The van der Waals surface area contributed by atoms with Crippen LogP contribution in [0.4, 0.5) is 17.1 Å². The van der Waals surface area contributed by atoms with Crippen LogP contribution >= 0.6 is 28.6 Å². The minimum atomic E-state index is -2.33. The number of aromatic nitrogens is 2. The molecule has 24 rings (SSSR count). The molecule has 0 saturated carbocycles. The molecule has 1 atom stereocenters. The molecule has 1 unspecified atom stereocenters. The molecule has 0 radical (unpaired) electrons. The van der Waals surface area contributed by atoms with Gasteiger partial charge in [-0.1, -0.05) is 367 Å². The van der Waals surface area contributed by atoms with Gasteiger partial charge in [0.1, 0.15) is 24.7 Å². The van der Waals surface area contributed by atoms with Crippen molar-refractivity contribution >= 4 is 122 Å². The number of rotatable bonds is 32. The highest BCUT2D eigenvalue weighted by Gasteiger charge is 2.73. The second-order valence-corrected chi connectivity index (χ2v) is 52.8. The molecular weight excluding hydrogens is 1830 g/mol. The van der Waals surface area contributed by atoms with Crippen molar-refractivity contribution in [2.75, 3.05) is 57.5 Å². The second kappa shape index (κ2) is 41.0. The van der Waals surface area contributed by atoms with Crippen LogP contribution in [0.5, 0.6) is 0 Å². The van der Waals surface area contributed by atoms with Gasteiger partial charge in [0.25, 0.3) is 0 Å². The lowest BCUT2D eigenvalue weighted by Crippen LogP contribution is -2.71. The topological polar surface area (TPSA) is 37.5 Å². The molecule has 0 bridgehead atoms. The predicted octanol–water partition coefficient (Wildman–Crippen LogP) is 25.7. The Morgan fingerprint density at radius 1 is 0.290 bits per heavy atom. The lowest BCUT2D eigenvalue weighted by molar-refractivity contribution is -0.834. The van der Waals surface area contributed by atoms with E-state index in [1.165, 1.54) is 171 Å². The number of benzene rings is 16. The molecule has 0 amide bonds. The first kappa shape index (κ1) is 93.7. The van der Waals surface area contributed by atoms with Crippen LogP contribution in [0.25, 0.3) is 22.3 Å². The van der Waals surface area contributed by atoms with E-state index in [0.717, 1.165) is 76.0 Å². The fourth-order valence-electron chi connectivity index (χ4n) is 24.5. The molecule has 708 valence electrons. The molecule has 0 saturated heterocycles. The molecule has 16 aromatic carbocycles. The first-order valence-electron chi connectivity index (χ1n) is 51.4. The van der Waals surface area contributed by atoms with Crippen molar-refractivity contribution in [2.24, 2.45) is 4.74 Å². The van der Waals surface area contributed by atoms with E-state index >= 15 is 0 Å². The van der Waals surface area contributed by atoms with Crippen molar-refractivity contribution < 1.29 is 17.8 Å². The highest BCUT2D eigenvalue weighted by atomic mass is 31.2. The van der Waals surface area contributed by atoms with E-state index in [1.54, 1.807) is 0 Å². The summed E-state index contributed by atoms with van der Waals surface area (Å²) in [7, 11) is -0.0499. The highest BCUT2D eigenvalue weighted by Crippen LogP contribution is 2.62. The van der Waals surface area contributed by atoms with E-state index in [9.17, 15) is 0 Å². The Labute approximate surface area is 855 Å². The maximum Gasteiger partial charge on any atom is 0.553 e. The van der Waals surface area contributed by atoms with Crippen molar-refractivity contribution in [1.82, 2.24) is 9.13 Å². The summed E-state index contributed by atoms with van der Waals surface area (Å²) in [5, 5.41) is 13.3. The first-order valence-corrected chi connectivity index (χ1v) is 59.1. The summed E-state index contributed by atoms with van der Waals surface area (Å²) in [5.74, 6) is -1.08. The van der Waals surface area contributed by atoms with Crippen LogP contribution in [-0.4, -0.2) is 91.2 Å². The van der Waals surface area contributed by atoms with Gasteiger partial charge < -0.3 is 0 Å². The van der Waals surface area contributed by atoms with Gasteiger partial charge >= 0.3 is 5.91 Å². The van der Waals surface area contributed by atoms with Crippen LogP contribution in [0.2, 0.25) is 0 Å². The van der Waals surface area contributed by atoms with Gasteiger partial charge in [-0.3, -0.25) is 4.74 Å². The molecule has 8 heterocycles. The number of aryl methyl sites for hydroxylation is 4. The third-order valence-electron chi connectivity index (χ3n) is 31.0. The maximum absolute atomic E-state index is 5.55. The third kappa shape index (κ3) is 16.4. The highest BCUT2D eigenvalue weighted by molar-refractivity contribution is 7.90. The standard InChI is InChI=1S/C127H115N8P4.C6H6/c1-128-136(103-64-22-8-23-65-103,104-66-24-9-25-67-104)92-46-54-96-50-38-42-80-111(96)123-115-84-86-117-124(112-81-43-39-51-97(112)55-47-93-137(105-68-26-10-27-69-105,106-70-28-11-29-71-106)129(2)100-58-16-5-17-59-100)119-88-90-121-126(114-83-45-41-53-99(114)57-49-95-139(109-76-34-14-35-77-109,110-78-36-15-37-79-110)131(4)102-62-20-7-21-63-102)122-91-89-120-125(118-87-85-116(123)133(118)127(132(115)117,134(119)121)135(120)122)113-82-44-40-52-98(113)56-48-94-138(107-72-30-12-31-73-107,108-74-32-13-33-75-108)130(3)101-60-18-6-19-61-101;1-2-4-6-5-3-1/h5-45,50-53,58-91H,46-49,54-57,92-95H2,1-4H3;1-6H/q+5;. The molecule has 2 aromatic heterocycles. The summed E-state index contributed by atoms with van der Waals surface area (Å²) in [6.45, 7) is 0. The number of nitrogens with zero attached hydrogens (tertiary/aromatic N) is 8. The van der Waals surface area contributed by atoms with Crippen molar-refractivity contribution in [3.05, 3.63) is 594 Å². The summed E-state index contributed by atoms with van der Waals surface area (Å²) in [6, 6.07) is 185. The van der Waals surface area contributed by atoms with Gasteiger partial charge in [-0.2, -0.15) is 9.13 Å². The zero-order valence-electron chi connectivity index (χ0n) is 82.9. The molecule has 12 heteroatoms. The van der Waals surface area contributed by atoms with Crippen LogP contribution < -0.4 is 57.8 Å². The number of hydrogen-bond acceptors (Lipinski definition) is 2. The van der Waals surface area contributed by atoms with Crippen molar-refractivity contribution in [2.45, 2.75) is 57.3 Å². The Hall–Kier alpha value is -15.0. The van der Waals surface area contributed by atoms with Gasteiger partial charge in [0.05, 0.1) is 56.2 Å². The largest absolute Gasteiger partial charge is 0.553 e. The minimum Gasteiger partial charge on any atom is -0.297 e. The van der Waals surface area contributed by atoms with Crippen LogP contribution in [0.3, 0.4) is 0 Å². The van der Waals surface area contributed by atoms with Gasteiger partial charge in [0.15, 0.2) is 21.5 Å². The van der Waals surface area contributed by atoms with E-state index in [-0.39, 0.29) is 0 Å². The maximum atomic E-state index is 5.55. The minimum absolute atomic E-state index is 0.855.